The van der Waals surface area contributed by atoms with Crippen molar-refractivity contribution >= 4 is 72.4 Å². The maximum Gasteiger partial charge on any atom is 0.307 e. The van der Waals surface area contributed by atoms with Crippen molar-refractivity contribution in [2.45, 2.75) is 13.8 Å². The number of carbonyl (C=O) groups is 1. The number of nitrogens with zero attached hydrogens (tertiary/aromatic N) is 2. The van der Waals surface area contributed by atoms with Crippen molar-refractivity contribution in [3.05, 3.63) is 97.5 Å². The molecule has 1 amide bonds. The zero-order valence-electron chi connectivity index (χ0n) is 17.9. The molecule has 2 heterocycles. The highest BCUT2D eigenvalue weighted by Crippen LogP contribution is 2.28. The molecule has 5 rings (SSSR count). The first-order valence-corrected chi connectivity index (χ1v) is 12.2. The van der Waals surface area contributed by atoms with E-state index >= 15 is 0 Å². The van der Waals surface area contributed by atoms with Crippen LogP contribution in [0.2, 0.25) is 0 Å². The maximum atomic E-state index is 12.6. The monoisotopic (exact) mass is 611 g/mol. The van der Waals surface area contributed by atoms with Crippen molar-refractivity contribution in [3.63, 3.8) is 0 Å². The third kappa shape index (κ3) is 4.22. The molecule has 164 valence electrons. The molecule has 0 spiro atoms. The van der Waals surface area contributed by atoms with Crippen molar-refractivity contribution in [3.8, 4) is 5.69 Å². The van der Waals surface area contributed by atoms with Crippen molar-refractivity contribution in [2.24, 2.45) is 5.10 Å². The largest absolute Gasteiger partial charge is 0.450 e. The molecule has 0 aliphatic heterocycles. The highest BCUT2D eigenvalue weighted by atomic mass is 127. The second kappa shape index (κ2) is 8.79. The fourth-order valence-corrected chi connectivity index (χ4v) is 5.70. The van der Waals surface area contributed by atoms with E-state index in [0.29, 0.717) is 5.58 Å². The number of furan rings is 1. The molecule has 0 saturated heterocycles. The number of hydrogen-bond donors (Lipinski definition) is 1. The van der Waals surface area contributed by atoms with Crippen molar-refractivity contribution in [2.75, 3.05) is 0 Å². The number of benzene rings is 3. The van der Waals surface area contributed by atoms with E-state index in [0.717, 1.165) is 36.1 Å². The summed E-state index contributed by atoms with van der Waals surface area (Å²) >= 11 is 5.66. The van der Waals surface area contributed by atoms with Crippen LogP contribution in [0.25, 0.3) is 27.4 Å². The normalized spacial score (nSPS) is 11.6. The van der Waals surface area contributed by atoms with Gasteiger partial charge in [0.15, 0.2) is 5.76 Å². The number of hydrazone groups is 1. The summed E-state index contributed by atoms with van der Waals surface area (Å²) < 4.78 is 9.80. The highest BCUT2D eigenvalue weighted by molar-refractivity contribution is 14.1. The van der Waals surface area contributed by atoms with Crippen LogP contribution in [0.1, 0.15) is 27.5 Å². The Morgan fingerprint density at radius 2 is 1.82 bits per heavy atom. The van der Waals surface area contributed by atoms with Gasteiger partial charge >= 0.3 is 5.91 Å². The minimum absolute atomic E-state index is 0.222. The minimum Gasteiger partial charge on any atom is -0.450 e. The fraction of sp³-hybridized carbons (Fsp3) is 0.0769. The van der Waals surface area contributed by atoms with E-state index in [2.05, 4.69) is 96.9 Å². The predicted octanol–water partition coefficient (Wildman–Crippen LogP) is 7.12. The Morgan fingerprint density at radius 1 is 1.03 bits per heavy atom. The summed E-state index contributed by atoms with van der Waals surface area (Å²) in [4.78, 5) is 12.6. The van der Waals surface area contributed by atoms with E-state index in [-0.39, 0.29) is 5.76 Å². The molecular formula is C26H19BrIN3O2. The van der Waals surface area contributed by atoms with Gasteiger partial charge in [-0.25, -0.2) is 5.43 Å². The zero-order chi connectivity index (χ0) is 23.1. The standard InChI is InChI=1S/C26H19BrIN3O2/c1-15-9-20(16(2)31(15)22-8-7-17-5-3-4-6-18(17)11-22)14-29-30-26(32)24-12-19-10-21(27)13-23(28)25(19)33-24/h3-14H,1-2H3,(H,30,32)/b29-14-. The van der Waals surface area contributed by atoms with Gasteiger partial charge in [0, 0.05) is 32.5 Å². The number of hydrogen-bond acceptors (Lipinski definition) is 3. The average molecular weight is 612 g/mol. The second-order valence-corrected chi connectivity index (χ2v) is 9.89. The van der Waals surface area contributed by atoms with Crippen LogP contribution in [0.4, 0.5) is 0 Å². The summed E-state index contributed by atoms with van der Waals surface area (Å²) in [7, 11) is 0. The molecule has 0 bridgehead atoms. The van der Waals surface area contributed by atoms with Crippen LogP contribution in [-0.4, -0.2) is 16.7 Å². The summed E-state index contributed by atoms with van der Waals surface area (Å²) in [5, 5.41) is 7.44. The van der Waals surface area contributed by atoms with Gasteiger partial charge in [0.25, 0.3) is 0 Å². The first-order chi connectivity index (χ1) is 15.9. The van der Waals surface area contributed by atoms with E-state index < -0.39 is 5.91 Å². The molecule has 5 aromatic rings. The summed E-state index contributed by atoms with van der Waals surface area (Å²) in [5.41, 5.74) is 7.43. The fourth-order valence-electron chi connectivity index (χ4n) is 4.03. The number of amides is 1. The van der Waals surface area contributed by atoms with E-state index in [1.165, 1.54) is 10.8 Å². The molecule has 0 radical (unpaired) electrons. The molecular weight excluding hydrogens is 593 g/mol. The summed E-state index contributed by atoms with van der Waals surface area (Å²) in [6.45, 7) is 4.11. The average Bonchev–Trinajstić information content (AvgIpc) is 3.34. The van der Waals surface area contributed by atoms with E-state index in [4.69, 9.17) is 4.42 Å². The molecule has 0 atom stereocenters. The first-order valence-electron chi connectivity index (χ1n) is 10.3. The lowest BCUT2D eigenvalue weighted by Crippen LogP contribution is -2.16. The van der Waals surface area contributed by atoms with Crippen LogP contribution in [0.3, 0.4) is 0 Å². The van der Waals surface area contributed by atoms with Crippen LogP contribution < -0.4 is 5.43 Å². The quantitative estimate of drug-likeness (QED) is 0.134. The van der Waals surface area contributed by atoms with Crippen molar-refractivity contribution in [1.82, 2.24) is 9.99 Å². The minimum atomic E-state index is -0.391. The van der Waals surface area contributed by atoms with Gasteiger partial charge in [0.05, 0.1) is 9.78 Å². The predicted molar refractivity (Wildman–Crippen MR) is 144 cm³/mol. The number of aromatic nitrogens is 1. The topological polar surface area (TPSA) is 59.5 Å². The Labute approximate surface area is 212 Å². The van der Waals surface area contributed by atoms with Crippen LogP contribution >= 0.6 is 38.5 Å². The zero-order valence-corrected chi connectivity index (χ0v) is 21.6. The molecule has 0 saturated carbocycles. The molecule has 3 aromatic carbocycles. The Morgan fingerprint density at radius 3 is 2.64 bits per heavy atom. The number of halogens is 2. The van der Waals surface area contributed by atoms with Crippen molar-refractivity contribution in [1.29, 1.82) is 0 Å². The van der Waals surface area contributed by atoms with Gasteiger partial charge in [-0.15, -0.1) is 0 Å². The number of fused-ring (bicyclic) bond motifs is 2. The summed E-state index contributed by atoms with van der Waals surface area (Å²) in [6, 6.07) is 22.4. The van der Waals surface area contributed by atoms with Gasteiger partial charge in [-0.1, -0.05) is 46.3 Å². The number of rotatable bonds is 4. The van der Waals surface area contributed by atoms with E-state index in [1.54, 1.807) is 12.3 Å². The van der Waals surface area contributed by atoms with Crippen LogP contribution in [-0.2, 0) is 0 Å². The lowest BCUT2D eigenvalue weighted by atomic mass is 10.1. The molecule has 1 N–H and O–H groups in total. The SMILES string of the molecule is Cc1cc(/C=N\NC(=O)c2cc3cc(Br)cc(I)c3o2)c(C)n1-c1ccc2ccccc2c1. The van der Waals surface area contributed by atoms with Gasteiger partial charge in [-0.3, -0.25) is 4.79 Å². The van der Waals surface area contributed by atoms with Gasteiger partial charge in [0.2, 0.25) is 0 Å². The third-order valence-corrected chi connectivity index (χ3v) is 6.85. The lowest BCUT2D eigenvalue weighted by Gasteiger charge is -2.11. The highest BCUT2D eigenvalue weighted by Gasteiger charge is 2.15. The molecule has 33 heavy (non-hydrogen) atoms. The molecule has 0 aliphatic rings. The van der Waals surface area contributed by atoms with E-state index in [9.17, 15) is 4.79 Å². The molecule has 0 unspecified atom stereocenters. The Bertz CT molecular complexity index is 1570. The van der Waals surface area contributed by atoms with Gasteiger partial charge < -0.3 is 8.98 Å². The molecule has 0 aliphatic carbocycles. The molecule has 7 heteroatoms. The second-order valence-electron chi connectivity index (χ2n) is 7.81. The number of aryl methyl sites for hydroxylation is 1. The molecule has 2 aromatic heterocycles. The Balaban J connectivity index is 1.38. The Hall–Kier alpha value is -2.91. The first kappa shape index (κ1) is 21.9. The summed E-state index contributed by atoms with van der Waals surface area (Å²) in [6.07, 6.45) is 1.67. The third-order valence-electron chi connectivity index (χ3n) is 5.59. The van der Waals surface area contributed by atoms with Gasteiger partial charge in [0.1, 0.15) is 5.58 Å². The number of carbonyl (C=O) groups excluding carboxylic acids is 1. The molecule has 0 fully saturated rings. The lowest BCUT2D eigenvalue weighted by molar-refractivity contribution is 0.0929. The van der Waals surface area contributed by atoms with Gasteiger partial charge in [-0.05, 0) is 83.6 Å². The Kier molecular flexibility index (Phi) is 5.84. The van der Waals surface area contributed by atoms with Crippen LogP contribution in [0.15, 0.2) is 80.7 Å². The van der Waals surface area contributed by atoms with Crippen molar-refractivity contribution < 1.29 is 9.21 Å². The van der Waals surface area contributed by atoms with Gasteiger partial charge in [-0.2, -0.15) is 5.10 Å². The van der Waals surface area contributed by atoms with E-state index in [1.807, 2.05) is 31.2 Å². The maximum absolute atomic E-state index is 12.6. The number of nitrogens with one attached hydrogen (secondary N) is 1. The van der Waals surface area contributed by atoms with Crippen LogP contribution in [0.5, 0.6) is 0 Å². The smallest absolute Gasteiger partial charge is 0.307 e. The van der Waals surface area contributed by atoms with Crippen LogP contribution in [0, 0.1) is 17.4 Å². The molecule has 5 nitrogen and oxygen atoms in total. The summed E-state index contributed by atoms with van der Waals surface area (Å²) in [5.74, 6) is -0.169.